The van der Waals surface area contributed by atoms with Gasteiger partial charge in [0.15, 0.2) is 17.5 Å². The van der Waals surface area contributed by atoms with Crippen molar-refractivity contribution < 1.29 is 9.47 Å². The maximum Gasteiger partial charge on any atom is 0.191 e. The average molecular weight is 391 g/mol. The number of nitrogens with one attached hydrogen (secondary N) is 2. The molecule has 1 aliphatic rings. The molecular formula is C22H38N4O2. The van der Waals surface area contributed by atoms with Crippen molar-refractivity contribution in [2.75, 3.05) is 40.4 Å². The molecule has 0 bridgehead atoms. The van der Waals surface area contributed by atoms with E-state index in [0.29, 0.717) is 18.0 Å². The normalized spacial score (nSPS) is 20.5. The number of likely N-dealkylation sites (tertiary alicyclic amines) is 1. The molecule has 1 aliphatic heterocycles. The van der Waals surface area contributed by atoms with E-state index in [1.165, 1.54) is 5.56 Å². The van der Waals surface area contributed by atoms with Crippen LogP contribution >= 0.6 is 0 Å². The molecule has 0 aromatic heterocycles. The minimum atomic E-state index is 0.450. The smallest absolute Gasteiger partial charge is 0.191 e. The third kappa shape index (κ3) is 6.30. The molecule has 28 heavy (non-hydrogen) atoms. The lowest BCUT2D eigenvalue weighted by Gasteiger charge is -2.22. The molecule has 2 unspecified atom stereocenters. The predicted octanol–water partition coefficient (Wildman–Crippen LogP) is 2.92. The highest BCUT2D eigenvalue weighted by atomic mass is 16.5. The van der Waals surface area contributed by atoms with E-state index in [1.807, 2.05) is 12.1 Å². The summed E-state index contributed by atoms with van der Waals surface area (Å²) in [5.74, 6) is 3.10. The Hall–Kier alpha value is -1.95. The van der Waals surface area contributed by atoms with Gasteiger partial charge in [-0.05, 0) is 57.2 Å². The standard InChI is InChI=1S/C22H38N4O2/c1-7-23-22(25-19-15-26(16(2)3)14-17(19)4)24-12-8-9-18-10-11-20(27-5)21(13-18)28-6/h10-11,13,16-17,19H,7-9,12,14-15H2,1-6H3,(H2,23,24,25). The number of hydrogen-bond donors (Lipinski definition) is 2. The molecule has 0 spiro atoms. The molecular weight excluding hydrogens is 352 g/mol. The highest BCUT2D eigenvalue weighted by Gasteiger charge is 2.31. The molecule has 2 N–H and O–H groups in total. The predicted molar refractivity (Wildman–Crippen MR) is 117 cm³/mol. The largest absolute Gasteiger partial charge is 0.493 e. The molecule has 158 valence electrons. The molecule has 0 saturated carbocycles. The van der Waals surface area contributed by atoms with Crippen LogP contribution in [0, 0.1) is 5.92 Å². The van der Waals surface area contributed by atoms with Crippen LogP contribution in [0.5, 0.6) is 11.5 Å². The summed E-state index contributed by atoms with van der Waals surface area (Å²) in [7, 11) is 3.33. The third-order valence-corrected chi connectivity index (χ3v) is 5.38. The van der Waals surface area contributed by atoms with Gasteiger partial charge < -0.3 is 20.1 Å². The first-order valence-electron chi connectivity index (χ1n) is 10.5. The minimum absolute atomic E-state index is 0.450. The van der Waals surface area contributed by atoms with Crippen molar-refractivity contribution in [2.24, 2.45) is 10.9 Å². The zero-order valence-corrected chi connectivity index (χ0v) is 18.4. The third-order valence-electron chi connectivity index (χ3n) is 5.38. The molecule has 0 radical (unpaired) electrons. The molecule has 1 aromatic rings. The summed E-state index contributed by atoms with van der Waals surface area (Å²) in [5, 5.41) is 7.03. The molecule has 0 amide bonds. The lowest BCUT2D eigenvalue weighted by Crippen LogP contribution is -2.46. The van der Waals surface area contributed by atoms with Gasteiger partial charge in [-0.2, -0.15) is 0 Å². The van der Waals surface area contributed by atoms with Gasteiger partial charge in [0.05, 0.1) is 14.2 Å². The molecule has 1 saturated heterocycles. The SMILES string of the molecule is CCNC(=NCCCc1ccc(OC)c(OC)c1)NC1CN(C(C)C)CC1C. The Balaban J connectivity index is 1.87. The number of guanidine groups is 1. The second kappa shape index (κ2) is 11.1. The zero-order valence-electron chi connectivity index (χ0n) is 18.4. The van der Waals surface area contributed by atoms with Crippen LogP contribution in [0.4, 0.5) is 0 Å². The van der Waals surface area contributed by atoms with E-state index in [0.717, 1.165) is 56.5 Å². The van der Waals surface area contributed by atoms with Gasteiger partial charge in [-0.25, -0.2) is 0 Å². The Kier molecular flexibility index (Phi) is 8.90. The van der Waals surface area contributed by atoms with E-state index in [4.69, 9.17) is 14.5 Å². The lowest BCUT2D eigenvalue weighted by atomic mass is 10.1. The van der Waals surface area contributed by atoms with Gasteiger partial charge in [0, 0.05) is 38.3 Å². The average Bonchev–Trinajstić information content (AvgIpc) is 3.05. The summed E-state index contributed by atoms with van der Waals surface area (Å²) in [5.41, 5.74) is 1.24. The first kappa shape index (κ1) is 22.3. The first-order valence-corrected chi connectivity index (χ1v) is 10.5. The maximum absolute atomic E-state index is 5.39. The number of hydrogen-bond acceptors (Lipinski definition) is 4. The van der Waals surface area contributed by atoms with E-state index in [1.54, 1.807) is 14.2 Å². The number of benzene rings is 1. The van der Waals surface area contributed by atoms with Crippen LogP contribution in [0.25, 0.3) is 0 Å². The summed E-state index contributed by atoms with van der Waals surface area (Å²) in [6, 6.07) is 7.15. The summed E-state index contributed by atoms with van der Waals surface area (Å²) >= 11 is 0. The van der Waals surface area contributed by atoms with Gasteiger partial charge in [0.25, 0.3) is 0 Å². The Bertz CT molecular complexity index is 633. The van der Waals surface area contributed by atoms with Gasteiger partial charge in [0.2, 0.25) is 0 Å². The van der Waals surface area contributed by atoms with Crippen molar-refractivity contribution in [2.45, 2.75) is 52.6 Å². The van der Waals surface area contributed by atoms with Crippen LogP contribution < -0.4 is 20.1 Å². The van der Waals surface area contributed by atoms with Crippen LogP contribution in [0.3, 0.4) is 0 Å². The number of aryl methyl sites for hydroxylation is 1. The van der Waals surface area contributed by atoms with Gasteiger partial charge in [-0.1, -0.05) is 13.0 Å². The number of methoxy groups -OCH3 is 2. The second-order valence-corrected chi connectivity index (χ2v) is 7.83. The Labute approximate surface area is 170 Å². The lowest BCUT2D eigenvalue weighted by molar-refractivity contribution is 0.265. The van der Waals surface area contributed by atoms with E-state index in [9.17, 15) is 0 Å². The molecule has 6 nitrogen and oxygen atoms in total. The van der Waals surface area contributed by atoms with E-state index in [-0.39, 0.29) is 0 Å². The highest BCUT2D eigenvalue weighted by molar-refractivity contribution is 5.80. The molecule has 1 aromatic carbocycles. The van der Waals surface area contributed by atoms with Crippen molar-refractivity contribution in [1.29, 1.82) is 0 Å². The number of rotatable bonds is 9. The van der Waals surface area contributed by atoms with Crippen molar-refractivity contribution in [3.63, 3.8) is 0 Å². The molecule has 2 rings (SSSR count). The molecule has 1 fully saturated rings. The summed E-state index contributed by atoms with van der Waals surface area (Å²) in [6.45, 7) is 12.9. The number of aliphatic imine (C=N–C) groups is 1. The zero-order chi connectivity index (χ0) is 20.5. The van der Waals surface area contributed by atoms with E-state index in [2.05, 4.69) is 49.3 Å². The summed E-state index contributed by atoms with van der Waals surface area (Å²) in [4.78, 5) is 7.32. The van der Waals surface area contributed by atoms with Crippen molar-refractivity contribution >= 4 is 5.96 Å². The number of nitrogens with zero attached hydrogens (tertiary/aromatic N) is 2. The van der Waals surface area contributed by atoms with Gasteiger partial charge in [-0.15, -0.1) is 0 Å². The van der Waals surface area contributed by atoms with E-state index >= 15 is 0 Å². The Morgan fingerprint density at radius 2 is 1.96 bits per heavy atom. The van der Waals surface area contributed by atoms with E-state index < -0.39 is 0 Å². The van der Waals surface area contributed by atoms with Gasteiger partial charge >= 0.3 is 0 Å². The molecule has 6 heteroatoms. The van der Waals surface area contributed by atoms with Crippen LogP contribution in [0.1, 0.15) is 39.7 Å². The fraction of sp³-hybridized carbons (Fsp3) is 0.682. The van der Waals surface area contributed by atoms with Crippen LogP contribution in [-0.2, 0) is 6.42 Å². The maximum atomic E-state index is 5.39. The van der Waals surface area contributed by atoms with Gasteiger partial charge in [-0.3, -0.25) is 9.89 Å². The van der Waals surface area contributed by atoms with Crippen molar-refractivity contribution in [1.82, 2.24) is 15.5 Å². The molecule has 2 atom stereocenters. The first-order chi connectivity index (χ1) is 13.5. The Morgan fingerprint density at radius 3 is 2.57 bits per heavy atom. The van der Waals surface area contributed by atoms with Crippen LogP contribution in [0.15, 0.2) is 23.2 Å². The van der Waals surface area contributed by atoms with Crippen molar-refractivity contribution in [3.05, 3.63) is 23.8 Å². The van der Waals surface area contributed by atoms with Crippen molar-refractivity contribution in [3.8, 4) is 11.5 Å². The van der Waals surface area contributed by atoms with Gasteiger partial charge in [0.1, 0.15) is 0 Å². The quantitative estimate of drug-likeness (QED) is 0.386. The number of ether oxygens (including phenoxy) is 2. The highest BCUT2D eigenvalue weighted by Crippen LogP contribution is 2.28. The Morgan fingerprint density at radius 1 is 1.21 bits per heavy atom. The summed E-state index contributed by atoms with van der Waals surface area (Å²) in [6.07, 6.45) is 1.95. The minimum Gasteiger partial charge on any atom is -0.493 e. The van der Waals surface area contributed by atoms with Crippen LogP contribution in [-0.4, -0.2) is 63.3 Å². The van der Waals surface area contributed by atoms with Crippen LogP contribution in [0.2, 0.25) is 0 Å². The second-order valence-electron chi connectivity index (χ2n) is 7.83. The topological polar surface area (TPSA) is 58.1 Å². The fourth-order valence-corrected chi connectivity index (χ4v) is 3.62. The summed E-state index contributed by atoms with van der Waals surface area (Å²) < 4.78 is 10.7. The molecule has 0 aliphatic carbocycles. The molecule has 1 heterocycles. The fourth-order valence-electron chi connectivity index (χ4n) is 3.62. The monoisotopic (exact) mass is 390 g/mol.